The molecule has 1 N–H and O–H groups in total. The van der Waals surface area contributed by atoms with Gasteiger partial charge in [0.1, 0.15) is 11.6 Å². The zero-order valence-corrected chi connectivity index (χ0v) is 38.1. The Kier molecular flexibility index (Phi) is 9.61. The van der Waals surface area contributed by atoms with Gasteiger partial charge in [0.15, 0.2) is 0 Å². The van der Waals surface area contributed by atoms with Crippen LogP contribution in [-0.4, -0.2) is 19.6 Å². The van der Waals surface area contributed by atoms with Crippen LogP contribution in [0.25, 0.3) is 72.7 Å². The average Bonchev–Trinajstić information content (AvgIpc) is 3.64. The van der Waals surface area contributed by atoms with Gasteiger partial charge in [-0.2, -0.15) is 0 Å². The predicted molar refractivity (Wildman–Crippen MR) is 263 cm³/mol. The largest absolute Gasteiger partial charge is 0.507 e. The Labute approximate surface area is 375 Å². The molecule has 0 fully saturated rings. The number of aromatic hydroxyl groups is 1. The third kappa shape index (κ3) is 8.36. The number of phenolic OH excluding ortho intramolecular Hbond substituents is 1. The number of hydrogen-bond acceptors (Lipinski definition) is 3. The van der Waals surface area contributed by atoms with Crippen molar-refractivity contribution < 1.29 is 10.6 Å². The molecule has 0 amide bonds. The third-order valence-corrected chi connectivity index (χ3v) is 12.0. The smallest absolute Gasteiger partial charge is 0.149 e. The Morgan fingerprint density at radius 3 is 1.92 bits per heavy atom. The fraction of sp³-hybridized carbons (Fsp3) is 0.276. The molecule has 4 nitrogen and oxygen atoms in total. The quantitative estimate of drug-likeness (QED) is 0.174. The van der Waals surface area contributed by atoms with E-state index in [-0.39, 0.29) is 22.1 Å². The number of imidazole rings is 1. The summed E-state index contributed by atoms with van der Waals surface area (Å²) in [5.41, 5.74) is 13.3. The fourth-order valence-corrected chi connectivity index (χ4v) is 8.25. The van der Waals surface area contributed by atoms with Crippen molar-refractivity contribution >= 4 is 11.0 Å². The Hall–Kier alpha value is -6.26. The highest BCUT2D eigenvalue weighted by Crippen LogP contribution is 2.45. The molecule has 314 valence electrons. The van der Waals surface area contributed by atoms with E-state index in [1.807, 2.05) is 97.4 Å². The molecule has 0 aliphatic rings. The van der Waals surface area contributed by atoms with E-state index in [1.54, 1.807) is 12.1 Å². The number of phenols is 1. The van der Waals surface area contributed by atoms with Crippen molar-refractivity contribution in [2.45, 2.75) is 105 Å². The summed E-state index contributed by atoms with van der Waals surface area (Å²) in [6, 6.07) is 44.6. The average molecular weight is 820 g/mol. The van der Waals surface area contributed by atoms with Crippen LogP contribution in [0, 0.1) is 6.85 Å². The third-order valence-electron chi connectivity index (χ3n) is 12.0. The van der Waals surface area contributed by atoms with E-state index in [9.17, 15) is 5.11 Å². The van der Waals surface area contributed by atoms with Crippen molar-refractivity contribution in [1.29, 1.82) is 0 Å². The van der Waals surface area contributed by atoms with Gasteiger partial charge in [0, 0.05) is 34.1 Å². The van der Waals surface area contributed by atoms with Crippen LogP contribution in [0.2, 0.25) is 0 Å². The number of rotatable bonds is 7. The summed E-state index contributed by atoms with van der Waals surface area (Å²) >= 11 is 0. The second kappa shape index (κ2) is 15.9. The maximum Gasteiger partial charge on any atom is 0.149 e. The summed E-state index contributed by atoms with van der Waals surface area (Å²) in [6.07, 6.45) is 1.85. The van der Waals surface area contributed by atoms with Crippen LogP contribution in [-0.2, 0) is 16.2 Å². The molecule has 62 heavy (non-hydrogen) atoms. The molecule has 0 bridgehead atoms. The van der Waals surface area contributed by atoms with Crippen LogP contribution < -0.4 is 0 Å². The van der Waals surface area contributed by atoms with Crippen LogP contribution in [0.4, 0.5) is 0 Å². The lowest BCUT2D eigenvalue weighted by atomic mass is 9.79. The minimum Gasteiger partial charge on any atom is -0.507 e. The van der Waals surface area contributed by atoms with Crippen molar-refractivity contribution in [2.24, 2.45) is 0 Å². The first-order valence-corrected chi connectivity index (χ1v) is 21.6. The van der Waals surface area contributed by atoms with Gasteiger partial charge in [-0.05, 0) is 128 Å². The highest BCUT2D eigenvalue weighted by Gasteiger charge is 2.29. The minimum absolute atomic E-state index is 0.143. The molecule has 2 aromatic heterocycles. The summed E-state index contributed by atoms with van der Waals surface area (Å²) in [7, 11) is 0. The molecule has 0 atom stereocenters. The molecule has 8 rings (SSSR count). The van der Waals surface area contributed by atoms with Crippen molar-refractivity contribution in [1.82, 2.24) is 14.5 Å². The number of pyridine rings is 1. The summed E-state index contributed by atoms with van der Waals surface area (Å²) < 4.78 is 36.4. The fourth-order valence-electron chi connectivity index (χ4n) is 8.25. The number of aromatic nitrogens is 3. The highest BCUT2D eigenvalue weighted by atomic mass is 16.3. The molecule has 0 radical (unpaired) electrons. The van der Waals surface area contributed by atoms with E-state index in [0.717, 1.165) is 72.4 Å². The summed E-state index contributed by atoms with van der Waals surface area (Å²) in [4.78, 5) is 10.5. The molecule has 0 unspecified atom stereocenters. The summed E-state index contributed by atoms with van der Waals surface area (Å²) in [5, 5.41) is 12.5. The maximum atomic E-state index is 12.5. The van der Waals surface area contributed by atoms with E-state index in [1.165, 1.54) is 0 Å². The Morgan fingerprint density at radius 1 is 0.581 bits per heavy atom. The van der Waals surface area contributed by atoms with E-state index in [2.05, 4.69) is 111 Å². The molecule has 0 spiro atoms. The van der Waals surface area contributed by atoms with Crippen molar-refractivity contribution in [3.8, 4) is 67.5 Å². The first-order chi connectivity index (χ1) is 30.8. The first kappa shape index (κ1) is 37.5. The van der Waals surface area contributed by atoms with Crippen molar-refractivity contribution in [2.75, 3.05) is 0 Å². The lowest BCUT2D eigenvalue weighted by Crippen LogP contribution is -2.17. The van der Waals surface area contributed by atoms with Gasteiger partial charge < -0.3 is 5.11 Å². The SMILES string of the molecule is [2H]C([2H])([2H])c1cc(-c2ccccc2)cc(-n2c(-c3cc(C(C)(C)C)cc(C(C)(C)C)c3O)nc3c(-c4cc(-c5cc(-c6ccc(C([2H])(C)C)cc6)ccn5)cc(C(C)(C)C)c4)cccc32)c1. The number of para-hydroxylation sites is 1. The van der Waals surface area contributed by atoms with Gasteiger partial charge in [0.25, 0.3) is 0 Å². The molecule has 6 aromatic carbocycles. The van der Waals surface area contributed by atoms with Crippen LogP contribution >= 0.6 is 0 Å². The van der Waals surface area contributed by atoms with Crippen LogP contribution in [0.1, 0.15) is 115 Å². The minimum atomic E-state index is -2.40. The molecular formula is C58H61N3O. The van der Waals surface area contributed by atoms with Gasteiger partial charge in [0.05, 0.1) is 22.3 Å². The van der Waals surface area contributed by atoms with Crippen LogP contribution in [0.3, 0.4) is 0 Å². The normalized spacial score (nSPS) is 13.7. The van der Waals surface area contributed by atoms with Crippen LogP contribution in [0.15, 0.2) is 140 Å². The molecule has 0 aliphatic heterocycles. The summed E-state index contributed by atoms with van der Waals surface area (Å²) in [6.45, 7) is 20.8. The van der Waals surface area contributed by atoms with Gasteiger partial charge in [-0.1, -0.05) is 161 Å². The van der Waals surface area contributed by atoms with Gasteiger partial charge >= 0.3 is 0 Å². The van der Waals surface area contributed by atoms with E-state index in [4.69, 9.17) is 15.5 Å². The lowest BCUT2D eigenvalue weighted by molar-refractivity contribution is 0.446. The number of aryl methyl sites for hydroxylation is 1. The van der Waals surface area contributed by atoms with Crippen molar-refractivity contribution in [3.63, 3.8) is 0 Å². The monoisotopic (exact) mass is 820 g/mol. The van der Waals surface area contributed by atoms with E-state index >= 15 is 0 Å². The Balaban J connectivity index is 1.42. The van der Waals surface area contributed by atoms with Gasteiger partial charge in [-0.3, -0.25) is 9.55 Å². The second-order valence-electron chi connectivity index (χ2n) is 20.1. The molecule has 0 aliphatic carbocycles. The standard InChI is InChI=1S/C58H61N3O/c1-36(2)38-21-23-40(24-22-38)41-25-26-59-51(33-41)44-29-43(30-45(31-44)56(4,5)6)48-19-16-20-52-53(48)60-55(49-34-46(57(7,8)9)35-50(54(49)62)58(10,11)12)61(52)47-28-37(3)27-42(32-47)39-17-14-13-15-18-39/h13-36,62H,1-12H3/i3D3,36D. The van der Waals surface area contributed by atoms with Crippen molar-refractivity contribution in [3.05, 3.63) is 167 Å². The number of benzene rings is 6. The lowest BCUT2D eigenvalue weighted by Gasteiger charge is -2.27. The zero-order chi connectivity index (χ0) is 47.7. The number of nitrogens with zero attached hydrogens (tertiary/aromatic N) is 3. The van der Waals surface area contributed by atoms with Gasteiger partial charge in [0.2, 0.25) is 0 Å². The molecule has 4 heteroatoms. The number of hydrogen-bond donors (Lipinski definition) is 1. The molecule has 2 heterocycles. The Morgan fingerprint density at radius 2 is 1.26 bits per heavy atom. The van der Waals surface area contributed by atoms with E-state index in [0.29, 0.717) is 22.6 Å². The Bertz CT molecular complexity index is 3100. The molecular weight excluding hydrogens is 755 g/mol. The maximum absolute atomic E-state index is 12.5. The highest BCUT2D eigenvalue weighted by molar-refractivity contribution is 5.97. The summed E-state index contributed by atoms with van der Waals surface area (Å²) in [5.74, 6) is -0.0379. The van der Waals surface area contributed by atoms with Gasteiger partial charge in [-0.15, -0.1) is 0 Å². The second-order valence-corrected chi connectivity index (χ2v) is 20.1. The first-order valence-electron chi connectivity index (χ1n) is 23.6. The van der Waals surface area contributed by atoms with Gasteiger partial charge in [-0.25, -0.2) is 4.98 Å². The number of fused-ring (bicyclic) bond motifs is 1. The molecule has 8 aromatic rings. The van der Waals surface area contributed by atoms with Crippen LogP contribution in [0.5, 0.6) is 5.75 Å². The molecule has 0 saturated heterocycles. The van der Waals surface area contributed by atoms with E-state index < -0.39 is 18.2 Å². The topological polar surface area (TPSA) is 50.9 Å². The molecule has 0 saturated carbocycles. The zero-order valence-electron chi connectivity index (χ0n) is 42.1. The predicted octanol–water partition coefficient (Wildman–Crippen LogP) is 15.8.